The molecule has 0 saturated carbocycles. The number of rotatable bonds is 9. The van der Waals surface area contributed by atoms with Crippen LogP contribution < -0.4 is 10.6 Å². The lowest BCUT2D eigenvalue weighted by Crippen LogP contribution is -2.30. The molecular formula is C19H18N6O5S. The monoisotopic (exact) mass is 442 g/mol. The number of nitrogens with zero attached hydrogens (tertiary/aromatic N) is 4. The summed E-state index contributed by atoms with van der Waals surface area (Å²) in [6.45, 7) is 1.71. The third-order valence-corrected chi connectivity index (χ3v) is 4.70. The van der Waals surface area contributed by atoms with E-state index in [1.165, 1.54) is 19.1 Å². The number of esters is 1. The molecule has 3 rings (SSSR count). The van der Waals surface area contributed by atoms with Crippen LogP contribution in [0.4, 0.5) is 16.8 Å². The summed E-state index contributed by atoms with van der Waals surface area (Å²) in [4.78, 5) is 46.8. The highest BCUT2D eigenvalue weighted by Gasteiger charge is 2.19. The summed E-state index contributed by atoms with van der Waals surface area (Å²) >= 11 is 1.16. The van der Waals surface area contributed by atoms with Crippen molar-refractivity contribution in [2.24, 2.45) is 0 Å². The summed E-state index contributed by atoms with van der Waals surface area (Å²) in [5.41, 5.74) is 0.994. The average Bonchev–Trinajstić information content (AvgIpc) is 3.23. The van der Waals surface area contributed by atoms with E-state index in [2.05, 4.69) is 25.6 Å². The van der Waals surface area contributed by atoms with Crippen LogP contribution in [0.25, 0.3) is 11.3 Å². The van der Waals surface area contributed by atoms with Crippen molar-refractivity contribution in [1.29, 1.82) is 0 Å². The second-order valence-electron chi connectivity index (χ2n) is 6.22. The molecule has 0 aliphatic carbocycles. The molecule has 31 heavy (non-hydrogen) atoms. The Morgan fingerprint density at radius 3 is 2.77 bits per heavy atom. The summed E-state index contributed by atoms with van der Waals surface area (Å²) < 4.78 is 5.13. The van der Waals surface area contributed by atoms with E-state index in [0.717, 1.165) is 11.3 Å². The number of non-ortho nitro benzene ring substituents is 1. The number of nitrogens with one attached hydrogen (secondary N) is 2. The van der Waals surface area contributed by atoms with Gasteiger partial charge in [0.2, 0.25) is 5.95 Å². The molecule has 0 spiro atoms. The van der Waals surface area contributed by atoms with Gasteiger partial charge in [-0.05, 0) is 13.0 Å². The molecule has 1 unspecified atom stereocenters. The van der Waals surface area contributed by atoms with Crippen LogP contribution in [-0.4, -0.2) is 44.4 Å². The molecule has 0 radical (unpaired) electrons. The van der Waals surface area contributed by atoms with Gasteiger partial charge in [0.1, 0.15) is 0 Å². The van der Waals surface area contributed by atoms with Gasteiger partial charge >= 0.3 is 5.97 Å². The number of nitro benzene ring substituents is 1. The summed E-state index contributed by atoms with van der Waals surface area (Å²) in [7, 11) is 0. The van der Waals surface area contributed by atoms with Crippen LogP contribution in [0.5, 0.6) is 0 Å². The Bertz CT molecular complexity index is 1070. The Morgan fingerprint density at radius 1 is 1.26 bits per heavy atom. The predicted molar refractivity (Wildman–Crippen MR) is 114 cm³/mol. The number of thiazole rings is 1. The van der Waals surface area contributed by atoms with Crippen LogP contribution in [0, 0.1) is 10.1 Å². The fraction of sp³-hybridized carbons (Fsp3) is 0.211. The maximum absolute atomic E-state index is 12.3. The number of anilines is 2. The van der Waals surface area contributed by atoms with E-state index in [0.29, 0.717) is 17.2 Å². The molecule has 160 valence electrons. The Morgan fingerprint density at radius 2 is 2.03 bits per heavy atom. The minimum Gasteiger partial charge on any atom is -0.452 e. The van der Waals surface area contributed by atoms with Gasteiger partial charge in [-0.3, -0.25) is 25.0 Å². The van der Waals surface area contributed by atoms with Gasteiger partial charge in [0, 0.05) is 42.0 Å². The van der Waals surface area contributed by atoms with E-state index in [4.69, 9.17) is 4.74 Å². The zero-order valence-electron chi connectivity index (χ0n) is 16.3. The minimum atomic E-state index is -1.02. The van der Waals surface area contributed by atoms with Crippen LogP contribution in [0.2, 0.25) is 0 Å². The number of hydrogen-bond donors (Lipinski definition) is 2. The number of carbonyl (C=O) groups excluding carboxylic acids is 2. The predicted octanol–water partition coefficient (Wildman–Crippen LogP) is 2.88. The molecule has 0 saturated heterocycles. The average molecular weight is 442 g/mol. The van der Waals surface area contributed by atoms with Gasteiger partial charge in [-0.1, -0.05) is 12.1 Å². The molecule has 2 heterocycles. The standard InChI is InChI=1S/C19H18N6O5S/c1-12(30-16(26)6-9-22-18-20-7-3-8-21-18)17(27)24-19-23-15(11-31-19)13-4-2-5-14(10-13)25(28)29/h2-5,7-8,10-12H,6,9H2,1H3,(H,20,21,22)(H,23,24,27). The Hall–Kier alpha value is -3.93. The minimum absolute atomic E-state index is 0.0318. The highest BCUT2D eigenvalue weighted by atomic mass is 32.1. The summed E-state index contributed by atoms with van der Waals surface area (Å²) in [5, 5.41) is 18.3. The van der Waals surface area contributed by atoms with Crippen molar-refractivity contribution in [3.63, 3.8) is 0 Å². The first kappa shape index (κ1) is 21.8. The molecule has 2 aromatic heterocycles. The van der Waals surface area contributed by atoms with Crippen LogP contribution in [0.15, 0.2) is 48.1 Å². The van der Waals surface area contributed by atoms with E-state index in [-0.39, 0.29) is 23.8 Å². The van der Waals surface area contributed by atoms with Gasteiger partial charge in [0.15, 0.2) is 11.2 Å². The maximum atomic E-state index is 12.3. The number of benzene rings is 1. The first-order valence-corrected chi connectivity index (χ1v) is 10.0. The van der Waals surface area contributed by atoms with E-state index >= 15 is 0 Å². The molecule has 0 aliphatic rings. The summed E-state index contributed by atoms with van der Waals surface area (Å²) in [6, 6.07) is 7.71. The van der Waals surface area contributed by atoms with E-state index in [1.54, 1.807) is 36.0 Å². The molecule has 0 bridgehead atoms. The normalized spacial score (nSPS) is 11.4. The van der Waals surface area contributed by atoms with E-state index < -0.39 is 22.9 Å². The molecular weight excluding hydrogens is 424 g/mol. The molecule has 1 atom stereocenters. The van der Waals surface area contributed by atoms with Gasteiger partial charge in [-0.2, -0.15) is 0 Å². The molecule has 1 aromatic carbocycles. The van der Waals surface area contributed by atoms with Gasteiger partial charge in [-0.25, -0.2) is 15.0 Å². The Labute approximate surface area is 180 Å². The lowest BCUT2D eigenvalue weighted by Gasteiger charge is -2.12. The van der Waals surface area contributed by atoms with Crippen LogP contribution in [0.1, 0.15) is 13.3 Å². The molecule has 1 amide bonds. The fourth-order valence-electron chi connectivity index (χ4n) is 2.43. The lowest BCUT2D eigenvalue weighted by atomic mass is 10.1. The fourth-order valence-corrected chi connectivity index (χ4v) is 3.15. The van der Waals surface area contributed by atoms with Gasteiger partial charge < -0.3 is 10.1 Å². The first-order chi connectivity index (χ1) is 14.9. The zero-order chi connectivity index (χ0) is 22.2. The highest BCUT2D eigenvalue weighted by molar-refractivity contribution is 7.14. The van der Waals surface area contributed by atoms with Gasteiger partial charge in [-0.15, -0.1) is 11.3 Å². The number of nitro groups is 1. The van der Waals surface area contributed by atoms with Crippen molar-refractivity contribution in [2.45, 2.75) is 19.4 Å². The largest absolute Gasteiger partial charge is 0.452 e. The molecule has 0 fully saturated rings. The lowest BCUT2D eigenvalue weighted by molar-refractivity contribution is -0.384. The van der Waals surface area contributed by atoms with Crippen molar-refractivity contribution in [1.82, 2.24) is 15.0 Å². The molecule has 2 N–H and O–H groups in total. The maximum Gasteiger partial charge on any atom is 0.308 e. The van der Waals surface area contributed by atoms with Crippen molar-refractivity contribution in [2.75, 3.05) is 17.2 Å². The van der Waals surface area contributed by atoms with E-state index in [1.807, 2.05) is 0 Å². The molecule has 3 aromatic rings. The van der Waals surface area contributed by atoms with Gasteiger partial charge in [0.05, 0.1) is 17.0 Å². The Balaban J connectivity index is 1.49. The quantitative estimate of drug-likeness (QED) is 0.290. The first-order valence-electron chi connectivity index (χ1n) is 9.14. The number of amides is 1. The number of ether oxygens (including phenoxy) is 1. The third-order valence-electron chi connectivity index (χ3n) is 3.94. The molecule has 12 heteroatoms. The summed E-state index contributed by atoms with van der Waals surface area (Å²) in [6.07, 6.45) is 2.15. The second kappa shape index (κ2) is 10.2. The van der Waals surface area contributed by atoms with Crippen LogP contribution in [-0.2, 0) is 14.3 Å². The van der Waals surface area contributed by atoms with Crippen molar-refractivity contribution in [3.8, 4) is 11.3 Å². The number of carbonyl (C=O) groups is 2. The second-order valence-corrected chi connectivity index (χ2v) is 7.07. The third kappa shape index (κ3) is 6.27. The van der Waals surface area contributed by atoms with Crippen molar-refractivity contribution >= 4 is 40.0 Å². The SMILES string of the molecule is CC(OC(=O)CCNc1ncccn1)C(=O)Nc1nc(-c2cccc([N+](=O)[O-])c2)cs1. The number of aromatic nitrogens is 3. The van der Waals surface area contributed by atoms with Crippen LogP contribution >= 0.6 is 11.3 Å². The van der Waals surface area contributed by atoms with E-state index in [9.17, 15) is 19.7 Å². The smallest absolute Gasteiger partial charge is 0.308 e. The highest BCUT2D eigenvalue weighted by Crippen LogP contribution is 2.27. The topological polar surface area (TPSA) is 149 Å². The van der Waals surface area contributed by atoms with Crippen molar-refractivity contribution < 1.29 is 19.2 Å². The van der Waals surface area contributed by atoms with Gasteiger partial charge in [0.25, 0.3) is 11.6 Å². The Kier molecular flexibility index (Phi) is 7.17. The number of hydrogen-bond acceptors (Lipinski definition) is 10. The summed E-state index contributed by atoms with van der Waals surface area (Å²) in [5.74, 6) is -0.695. The molecule has 0 aliphatic heterocycles. The zero-order valence-corrected chi connectivity index (χ0v) is 17.2. The van der Waals surface area contributed by atoms with Crippen LogP contribution in [0.3, 0.4) is 0 Å². The molecule has 11 nitrogen and oxygen atoms in total. The van der Waals surface area contributed by atoms with Crippen molar-refractivity contribution in [3.05, 3.63) is 58.2 Å².